The topological polar surface area (TPSA) is 9.86 Å². The molecular formula is C56H34N2. The summed E-state index contributed by atoms with van der Waals surface area (Å²) in [6, 6.07) is 76.2. The van der Waals surface area contributed by atoms with Crippen molar-refractivity contribution < 1.29 is 0 Å². The van der Waals surface area contributed by atoms with Gasteiger partial charge < -0.3 is 9.13 Å². The lowest BCUT2D eigenvalue weighted by atomic mass is 9.94. The van der Waals surface area contributed by atoms with Crippen LogP contribution in [0.25, 0.3) is 121 Å². The van der Waals surface area contributed by atoms with E-state index >= 15 is 0 Å². The Kier molecular flexibility index (Phi) is 6.47. The van der Waals surface area contributed by atoms with Gasteiger partial charge in [0.15, 0.2) is 0 Å². The zero-order valence-corrected chi connectivity index (χ0v) is 31.5. The maximum absolute atomic E-state index is 2.47. The van der Waals surface area contributed by atoms with E-state index in [0.717, 1.165) is 5.69 Å². The van der Waals surface area contributed by atoms with Gasteiger partial charge in [-0.1, -0.05) is 158 Å². The summed E-state index contributed by atoms with van der Waals surface area (Å²) in [5.41, 5.74) is 17.4. The Morgan fingerprint density at radius 3 is 1.71 bits per heavy atom. The van der Waals surface area contributed by atoms with Crippen molar-refractivity contribution in [2.75, 3.05) is 0 Å². The first kappa shape index (κ1) is 31.5. The lowest BCUT2D eigenvalue weighted by molar-refractivity contribution is 1.18. The molecule has 2 nitrogen and oxygen atoms in total. The molecule has 2 aromatic heterocycles. The van der Waals surface area contributed by atoms with Crippen molar-refractivity contribution in [1.82, 2.24) is 9.13 Å². The molecule has 0 spiro atoms. The summed E-state index contributed by atoms with van der Waals surface area (Å²) in [6.07, 6.45) is 0. The summed E-state index contributed by atoms with van der Waals surface area (Å²) in [5.74, 6) is 0. The van der Waals surface area contributed by atoms with Gasteiger partial charge >= 0.3 is 0 Å². The minimum Gasteiger partial charge on any atom is -0.309 e. The van der Waals surface area contributed by atoms with E-state index in [1.165, 1.54) is 115 Å². The third kappa shape index (κ3) is 4.37. The van der Waals surface area contributed by atoms with Crippen LogP contribution >= 0.6 is 0 Å². The van der Waals surface area contributed by atoms with Crippen LogP contribution in [-0.2, 0) is 0 Å². The molecule has 0 aliphatic heterocycles. The van der Waals surface area contributed by atoms with Crippen LogP contribution in [0.1, 0.15) is 0 Å². The van der Waals surface area contributed by atoms with Gasteiger partial charge in [-0.25, -0.2) is 0 Å². The smallest absolute Gasteiger partial charge is 0.0619 e. The molecule has 13 rings (SSSR count). The summed E-state index contributed by atoms with van der Waals surface area (Å²) in [7, 11) is 0. The number of para-hydroxylation sites is 2. The van der Waals surface area contributed by atoms with Gasteiger partial charge in [0.2, 0.25) is 0 Å². The van der Waals surface area contributed by atoms with Gasteiger partial charge in [0.25, 0.3) is 0 Å². The fraction of sp³-hybridized carbons (Fsp3) is 0. The van der Waals surface area contributed by atoms with Crippen LogP contribution in [0.4, 0.5) is 0 Å². The first-order valence-corrected chi connectivity index (χ1v) is 20.1. The van der Waals surface area contributed by atoms with E-state index in [0.29, 0.717) is 0 Å². The molecule has 0 bridgehead atoms. The van der Waals surface area contributed by atoms with Crippen molar-refractivity contribution in [1.29, 1.82) is 0 Å². The highest BCUT2D eigenvalue weighted by molar-refractivity contribution is 6.20. The molecule has 1 aliphatic rings. The second-order valence-corrected chi connectivity index (χ2v) is 15.7. The lowest BCUT2D eigenvalue weighted by Crippen LogP contribution is -1.95. The van der Waals surface area contributed by atoms with Gasteiger partial charge in [-0.05, 0) is 109 Å². The monoisotopic (exact) mass is 734 g/mol. The molecule has 12 aromatic rings. The van der Waals surface area contributed by atoms with Crippen molar-refractivity contribution >= 4 is 65.2 Å². The average molecular weight is 735 g/mol. The SMILES string of the molecule is c1ccc(-n2c3ccccc3c3ccc(-c4ccc5c(c4)c4ccc6ccccc6c4n5-c4ccc(-c5ccc6c7c(cccc57)-c5ccccc5-6)cc4)cc32)cc1. The molecule has 0 N–H and O–H groups in total. The van der Waals surface area contributed by atoms with E-state index in [1.807, 2.05) is 0 Å². The maximum Gasteiger partial charge on any atom is 0.0619 e. The highest BCUT2D eigenvalue weighted by Gasteiger charge is 2.23. The van der Waals surface area contributed by atoms with Crippen molar-refractivity contribution in [3.63, 3.8) is 0 Å². The Labute approximate surface area is 335 Å². The highest BCUT2D eigenvalue weighted by atomic mass is 15.0. The molecule has 1 aliphatic carbocycles. The van der Waals surface area contributed by atoms with Crippen molar-refractivity contribution in [2.45, 2.75) is 0 Å². The minimum atomic E-state index is 1.15. The molecule has 0 atom stereocenters. The van der Waals surface area contributed by atoms with Gasteiger partial charge in [-0.2, -0.15) is 0 Å². The number of hydrogen-bond acceptors (Lipinski definition) is 0. The standard InChI is InChI=1S/C56H34N2/c1-2-12-39(13-3-1)57-52-20-9-8-17-45(52)46-28-24-38(34-54(46)57)37-25-32-53-51(33-37)50-29-23-35-11-4-5-14-42(35)56(50)58(53)40-26-21-36(22-27-40)41-30-31-49-44-16-7-6-15-43(44)48-19-10-18-47(41)55(48)49/h1-34H. The van der Waals surface area contributed by atoms with Crippen LogP contribution in [0.3, 0.4) is 0 Å². The third-order valence-electron chi connectivity index (χ3n) is 12.7. The molecule has 10 aromatic carbocycles. The first-order valence-electron chi connectivity index (χ1n) is 20.1. The zero-order chi connectivity index (χ0) is 37.9. The summed E-state index contributed by atoms with van der Waals surface area (Å²) in [6.45, 7) is 0. The van der Waals surface area contributed by atoms with Crippen LogP contribution in [-0.4, -0.2) is 9.13 Å². The molecule has 58 heavy (non-hydrogen) atoms. The first-order chi connectivity index (χ1) is 28.8. The maximum atomic E-state index is 2.47. The number of hydrogen-bond donors (Lipinski definition) is 0. The van der Waals surface area contributed by atoms with Gasteiger partial charge in [-0.15, -0.1) is 0 Å². The van der Waals surface area contributed by atoms with Crippen molar-refractivity contribution in [3.8, 4) is 55.9 Å². The Morgan fingerprint density at radius 1 is 0.259 bits per heavy atom. The second kappa shape index (κ2) is 11.9. The van der Waals surface area contributed by atoms with Crippen molar-refractivity contribution in [3.05, 3.63) is 206 Å². The quantitative estimate of drug-likeness (QED) is 0.170. The fourth-order valence-corrected chi connectivity index (χ4v) is 10.1. The highest BCUT2D eigenvalue weighted by Crippen LogP contribution is 2.49. The van der Waals surface area contributed by atoms with Gasteiger partial charge in [-0.3, -0.25) is 0 Å². The Hall–Kier alpha value is -7.68. The molecule has 0 radical (unpaired) electrons. The Morgan fingerprint density at radius 2 is 0.845 bits per heavy atom. The molecule has 0 fully saturated rings. The summed E-state index contributed by atoms with van der Waals surface area (Å²) in [5, 5.41) is 10.2. The number of rotatable bonds is 4. The van der Waals surface area contributed by atoms with Gasteiger partial charge in [0.1, 0.15) is 0 Å². The number of nitrogens with zero attached hydrogens (tertiary/aromatic N) is 2. The molecule has 0 amide bonds. The Bertz CT molecular complexity index is 3630. The summed E-state index contributed by atoms with van der Waals surface area (Å²) < 4.78 is 4.87. The van der Waals surface area contributed by atoms with Crippen LogP contribution in [0.15, 0.2) is 206 Å². The zero-order valence-electron chi connectivity index (χ0n) is 31.5. The molecular weight excluding hydrogens is 701 g/mol. The van der Waals surface area contributed by atoms with Gasteiger partial charge in [0, 0.05) is 38.3 Å². The largest absolute Gasteiger partial charge is 0.309 e. The van der Waals surface area contributed by atoms with E-state index in [9.17, 15) is 0 Å². The number of fused-ring (bicyclic) bond motifs is 11. The van der Waals surface area contributed by atoms with Crippen LogP contribution in [0.5, 0.6) is 0 Å². The van der Waals surface area contributed by atoms with Crippen LogP contribution in [0, 0.1) is 0 Å². The van der Waals surface area contributed by atoms with Gasteiger partial charge in [0.05, 0.1) is 22.1 Å². The third-order valence-corrected chi connectivity index (χ3v) is 12.7. The molecule has 2 heteroatoms. The molecule has 268 valence electrons. The predicted molar refractivity (Wildman–Crippen MR) is 245 cm³/mol. The fourth-order valence-electron chi connectivity index (χ4n) is 10.1. The van der Waals surface area contributed by atoms with Crippen LogP contribution in [0.2, 0.25) is 0 Å². The summed E-state index contributed by atoms with van der Waals surface area (Å²) in [4.78, 5) is 0. The second-order valence-electron chi connectivity index (χ2n) is 15.7. The molecule has 2 heterocycles. The molecule has 0 saturated carbocycles. The van der Waals surface area contributed by atoms with E-state index in [4.69, 9.17) is 0 Å². The lowest BCUT2D eigenvalue weighted by Gasteiger charge is -2.13. The average Bonchev–Trinajstić information content (AvgIpc) is 3.93. The molecule has 0 saturated heterocycles. The van der Waals surface area contributed by atoms with Crippen LogP contribution < -0.4 is 0 Å². The normalized spacial score (nSPS) is 12.1. The molecule has 0 unspecified atom stereocenters. The Balaban J connectivity index is 0.983. The van der Waals surface area contributed by atoms with E-state index in [-0.39, 0.29) is 0 Å². The van der Waals surface area contributed by atoms with Crippen molar-refractivity contribution in [2.24, 2.45) is 0 Å². The van der Waals surface area contributed by atoms with E-state index in [1.54, 1.807) is 0 Å². The van der Waals surface area contributed by atoms with E-state index < -0.39 is 0 Å². The number of aromatic nitrogens is 2. The number of benzene rings is 10. The minimum absolute atomic E-state index is 1.15. The predicted octanol–water partition coefficient (Wildman–Crippen LogP) is 15.2. The summed E-state index contributed by atoms with van der Waals surface area (Å²) >= 11 is 0. The van der Waals surface area contributed by atoms with E-state index in [2.05, 4.69) is 215 Å².